The van der Waals surface area contributed by atoms with E-state index in [2.05, 4.69) is 23.3 Å². The van der Waals surface area contributed by atoms with Crippen molar-refractivity contribution in [1.29, 1.82) is 0 Å². The molecule has 1 aromatic carbocycles. The molecule has 3 aromatic rings. The van der Waals surface area contributed by atoms with Gasteiger partial charge in [-0.25, -0.2) is 9.48 Å². The smallest absolute Gasteiger partial charge is 0.345 e. The number of aromatic nitrogens is 2. The molecule has 4 nitrogen and oxygen atoms in total. The molecule has 2 aromatic heterocycles. The van der Waals surface area contributed by atoms with Crippen LogP contribution in [0, 0.1) is 20.8 Å². The van der Waals surface area contributed by atoms with E-state index in [9.17, 15) is 4.79 Å². The minimum Gasteiger partial charge on any atom is -0.477 e. The van der Waals surface area contributed by atoms with Crippen LogP contribution in [0.25, 0.3) is 15.9 Å². The maximum Gasteiger partial charge on any atom is 0.345 e. The quantitative estimate of drug-likeness (QED) is 0.781. The summed E-state index contributed by atoms with van der Waals surface area (Å²) in [6, 6.07) is 7.91. The van der Waals surface area contributed by atoms with E-state index < -0.39 is 5.97 Å². The van der Waals surface area contributed by atoms with E-state index >= 15 is 0 Å². The number of carboxylic acid groups (broad SMARTS) is 1. The van der Waals surface area contributed by atoms with Gasteiger partial charge in [-0.15, -0.1) is 11.3 Å². The Balaban J connectivity index is 2.27. The lowest BCUT2D eigenvalue weighted by molar-refractivity contribution is 0.0702. The normalized spacial score (nSPS) is 11.2. The summed E-state index contributed by atoms with van der Waals surface area (Å²) in [5, 5.41) is 14.6. The highest BCUT2D eigenvalue weighted by Crippen LogP contribution is 2.30. The van der Waals surface area contributed by atoms with Crippen molar-refractivity contribution in [1.82, 2.24) is 9.78 Å². The summed E-state index contributed by atoms with van der Waals surface area (Å²) in [5.41, 5.74) is 4.15. The highest BCUT2D eigenvalue weighted by Gasteiger charge is 2.16. The predicted octanol–water partition coefficient (Wildman–Crippen LogP) is 3.71. The SMILES string of the molecule is Cc1cc(C)cc(-n2nc(C)c3cc(C(=O)O)sc32)c1. The largest absolute Gasteiger partial charge is 0.477 e. The number of aromatic carboxylic acids is 1. The zero-order chi connectivity index (χ0) is 14.4. The fourth-order valence-corrected chi connectivity index (χ4v) is 3.42. The van der Waals surface area contributed by atoms with Crippen molar-refractivity contribution in [3.05, 3.63) is 46.0 Å². The van der Waals surface area contributed by atoms with Crippen molar-refractivity contribution in [2.24, 2.45) is 0 Å². The molecule has 102 valence electrons. The monoisotopic (exact) mass is 286 g/mol. The molecule has 0 spiro atoms. The first-order valence-corrected chi connectivity index (χ1v) is 7.08. The molecule has 0 aliphatic carbocycles. The van der Waals surface area contributed by atoms with E-state index in [0.29, 0.717) is 4.88 Å². The summed E-state index contributed by atoms with van der Waals surface area (Å²) in [6.45, 7) is 5.99. The second kappa shape index (κ2) is 4.45. The van der Waals surface area contributed by atoms with Gasteiger partial charge in [0.05, 0.1) is 11.4 Å². The minimum absolute atomic E-state index is 0.346. The molecule has 0 atom stereocenters. The summed E-state index contributed by atoms with van der Waals surface area (Å²) in [4.78, 5) is 12.3. The van der Waals surface area contributed by atoms with Crippen LogP contribution < -0.4 is 0 Å². The Bertz CT molecular complexity index is 810. The van der Waals surface area contributed by atoms with Gasteiger partial charge < -0.3 is 5.11 Å². The van der Waals surface area contributed by atoms with Gasteiger partial charge in [-0.2, -0.15) is 5.10 Å². The van der Waals surface area contributed by atoms with Crippen LogP contribution in [0.3, 0.4) is 0 Å². The van der Waals surface area contributed by atoms with Gasteiger partial charge in [0.2, 0.25) is 0 Å². The van der Waals surface area contributed by atoms with Gasteiger partial charge in [0.1, 0.15) is 9.71 Å². The zero-order valence-corrected chi connectivity index (χ0v) is 12.3. The molecule has 2 heterocycles. The molecule has 0 bridgehead atoms. The maximum absolute atomic E-state index is 11.1. The Kier molecular flexibility index (Phi) is 2.87. The molecule has 5 heteroatoms. The van der Waals surface area contributed by atoms with E-state index in [1.165, 1.54) is 11.3 Å². The van der Waals surface area contributed by atoms with E-state index in [1.807, 2.05) is 25.5 Å². The average Bonchev–Trinajstić information content (AvgIpc) is 2.89. The second-order valence-corrected chi connectivity index (χ2v) is 6.01. The molecular weight excluding hydrogens is 272 g/mol. The first-order valence-electron chi connectivity index (χ1n) is 6.27. The Morgan fingerprint density at radius 1 is 1.15 bits per heavy atom. The zero-order valence-electron chi connectivity index (χ0n) is 11.5. The standard InChI is InChI=1S/C15H14N2O2S/c1-8-4-9(2)6-11(5-8)17-14-12(10(3)16-17)7-13(20-14)15(18)19/h4-7H,1-3H3,(H,18,19). The number of carboxylic acids is 1. The van der Waals surface area contributed by atoms with Crippen molar-refractivity contribution in [2.75, 3.05) is 0 Å². The number of hydrogen-bond donors (Lipinski definition) is 1. The maximum atomic E-state index is 11.1. The van der Waals surface area contributed by atoms with Crippen LogP contribution in [0.1, 0.15) is 26.5 Å². The lowest BCUT2D eigenvalue weighted by Gasteiger charge is -2.05. The molecule has 0 fully saturated rings. The molecule has 20 heavy (non-hydrogen) atoms. The van der Waals surface area contributed by atoms with Crippen LogP contribution >= 0.6 is 11.3 Å². The summed E-state index contributed by atoms with van der Waals surface area (Å²) in [5.74, 6) is -0.891. The van der Waals surface area contributed by atoms with E-state index in [0.717, 1.165) is 32.7 Å². The Morgan fingerprint density at radius 3 is 2.40 bits per heavy atom. The molecule has 0 unspecified atom stereocenters. The third-order valence-electron chi connectivity index (χ3n) is 3.21. The number of fused-ring (bicyclic) bond motifs is 1. The Morgan fingerprint density at radius 2 is 1.80 bits per heavy atom. The minimum atomic E-state index is -0.891. The van der Waals surface area contributed by atoms with Crippen LogP contribution in [0.4, 0.5) is 0 Å². The van der Waals surface area contributed by atoms with Crippen LogP contribution in [0.5, 0.6) is 0 Å². The summed E-state index contributed by atoms with van der Waals surface area (Å²) in [6.07, 6.45) is 0. The van der Waals surface area contributed by atoms with E-state index in [1.54, 1.807) is 6.07 Å². The van der Waals surface area contributed by atoms with E-state index in [-0.39, 0.29) is 0 Å². The number of thiophene rings is 1. The molecule has 0 saturated carbocycles. The highest BCUT2D eigenvalue weighted by molar-refractivity contribution is 7.20. The van der Waals surface area contributed by atoms with Crippen molar-refractivity contribution >= 4 is 27.5 Å². The third kappa shape index (κ3) is 2.00. The number of rotatable bonds is 2. The molecule has 0 saturated heterocycles. The molecule has 0 radical (unpaired) electrons. The van der Waals surface area contributed by atoms with Gasteiger partial charge >= 0.3 is 5.97 Å². The topological polar surface area (TPSA) is 55.1 Å². The van der Waals surface area contributed by atoms with Gasteiger partial charge in [0.15, 0.2) is 0 Å². The van der Waals surface area contributed by atoms with Crippen molar-refractivity contribution in [3.63, 3.8) is 0 Å². The van der Waals surface area contributed by atoms with Gasteiger partial charge in [0.25, 0.3) is 0 Å². The summed E-state index contributed by atoms with van der Waals surface area (Å²) < 4.78 is 1.84. The molecule has 0 amide bonds. The number of hydrogen-bond acceptors (Lipinski definition) is 3. The summed E-state index contributed by atoms with van der Waals surface area (Å²) in [7, 11) is 0. The first-order chi connectivity index (χ1) is 9.45. The Labute approximate surface area is 120 Å². The van der Waals surface area contributed by atoms with Crippen LogP contribution in [0.15, 0.2) is 24.3 Å². The van der Waals surface area contributed by atoms with Gasteiger partial charge in [-0.1, -0.05) is 6.07 Å². The number of carbonyl (C=O) groups is 1. The second-order valence-electron chi connectivity index (χ2n) is 4.98. The van der Waals surface area contributed by atoms with Gasteiger partial charge in [-0.05, 0) is 50.1 Å². The third-order valence-corrected chi connectivity index (χ3v) is 4.31. The van der Waals surface area contributed by atoms with E-state index in [4.69, 9.17) is 5.11 Å². The van der Waals surface area contributed by atoms with Crippen LogP contribution in [-0.2, 0) is 0 Å². The first kappa shape index (κ1) is 12.9. The number of nitrogens with zero attached hydrogens (tertiary/aromatic N) is 2. The fourth-order valence-electron chi connectivity index (χ4n) is 2.40. The lowest BCUT2D eigenvalue weighted by Crippen LogP contribution is -1.97. The molecular formula is C15H14N2O2S. The molecule has 1 N–H and O–H groups in total. The van der Waals surface area contributed by atoms with Crippen LogP contribution in [0.2, 0.25) is 0 Å². The molecule has 0 aliphatic heterocycles. The van der Waals surface area contributed by atoms with Gasteiger partial charge in [-0.3, -0.25) is 0 Å². The average molecular weight is 286 g/mol. The number of benzene rings is 1. The van der Waals surface area contributed by atoms with Crippen molar-refractivity contribution in [3.8, 4) is 5.69 Å². The Hall–Kier alpha value is -2.14. The fraction of sp³-hybridized carbons (Fsp3) is 0.200. The predicted molar refractivity (Wildman–Crippen MR) is 80.1 cm³/mol. The number of aryl methyl sites for hydroxylation is 3. The van der Waals surface area contributed by atoms with Crippen LogP contribution in [-0.4, -0.2) is 20.9 Å². The van der Waals surface area contributed by atoms with Crippen molar-refractivity contribution < 1.29 is 9.90 Å². The lowest BCUT2D eigenvalue weighted by atomic mass is 10.1. The molecule has 3 rings (SSSR count). The molecule has 0 aliphatic rings. The summed E-state index contributed by atoms with van der Waals surface area (Å²) >= 11 is 1.26. The van der Waals surface area contributed by atoms with Crippen molar-refractivity contribution in [2.45, 2.75) is 20.8 Å². The highest BCUT2D eigenvalue weighted by atomic mass is 32.1. The van der Waals surface area contributed by atoms with Gasteiger partial charge in [0, 0.05) is 5.39 Å².